The lowest BCUT2D eigenvalue weighted by Gasteiger charge is -2.44. The SMILES string of the molecule is COC(=O)N[C@H](C(=O)NN(Cc1c(F)cc(C(=N)/C=C\NC(F)F)cc1F)C[C@H](O)[C@H](Cc1ccc(C#Cc2ccc(N3CCN4CCOC[C@H]4C3)nc2)cc1)NC(=O)[C@@H](NC(=O)OC)C(C)(C)C(F)(F)F)C(C)(C)C. The molecule has 5 rings (SSSR count). The van der Waals surface area contributed by atoms with Crippen molar-refractivity contribution in [1.82, 2.24) is 41.6 Å². The molecule has 0 unspecified atom stereocenters. The van der Waals surface area contributed by atoms with E-state index in [2.05, 4.69) is 52.2 Å². The Morgan fingerprint density at radius 2 is 1.51 bits per heavy atom. The molecule has 3 aromatic rings. The Hall–Kier alpha value is -7.01. The van der Waals surface area contributed by atoms with E-state index < -0.39 is 108 Å². The van der Waals surface area contributed by atoms with Gasteiger partial charge in [-0.15, -0.1) is 0 Å². The summed E-state index contributed by atoms with van der Waals surface area (Å²) in [6, 6.07) is 6.47. The summed E-state index contributed by atoms with van der Waals surface area (Å²) in [5.74, 6) is 1.90. The van der Waals surface area contributed by atoms with Gasteiger partial charge in [-0.2, -0.15) is 22.0 Å². The lowest BCUT2D eigenvalue weighted by Crippen LogP contribution is -2.63. The Kier molecular flexibility index (Phi) is 20.6. The van der Waals surface area contributed by atoms with Gasteiger partial charge < -0.3 is 50.9 Å². The Morgan fingerprint density at radius 3 is 2.09 bits per heavy atom. The number of fused-ring (bicyclic) bond motifs is 1. The van der Waals surface area contributed by atoms with Crippen molar-refractivity contribution < 1.29 is 69.2 Å². The van der Waals surface area contributed by atoms with Crippen LogP contribution in [-0.4, -0.2) is 153 Å². The monoisotopic (exact) mass is 1080 g/mol. The highest BCUT2D eigenvalue weighted by Gasteiger charge is 2.56. The van der Waals surface area contributed by atoms with Crippen LogP contribution in [0.1, 0.15) is 62.4 Å². The van der Waals surface area contributed by atoms with Crippen molar-refractivity contribution in [3.8, 4) is 11.8 Å². The van der Waals surface area contributed by atoms with Gasteiger partial charge in [0.2, 0.25) is 5.91 Å². The zero-order chi connectivity index (χ0) is 56.1. The van der Waals surface area contributed by atoms with Crippen LogP contribution in [0.5, 0.6) is 0 Å². The smallest absolute Gasteiger partial charge is 0.407 e. The molecule has 0 saturated carbocycles. The number of carbonyl (C=O) groups excluding carboxylic acids is 4. The van der Waals surface area contributed by atoms with E-state index in [9.17, 15) is 46.2 Å². The van der Waals surface area contributed by atoms with E-state index in [1.54, 1.807) is 56.6 Å². The molecule has 0 aliphatic carbocycles. The molecule has 2 fully saturated rings. The molecular formula is C51H63F7N10O8. The van der Waals surface area contributed by atoms with E-state index in [1.807, 2.05) is 17.4 Å². The normalized spacial score (nSPS) is 16.9. The molecule has 2 saturated heterocycles. The van der Waals surface area contributed by atoms with Crippen LogP contribution in [0.25, 0.3) is 0 Å². The number of hydrogen-bond donors (Lipinski definition) is 7. The summed E-state index contributed by atoms with van der Waals surface area (Å²) >= 11 is 0. The Balaban J connectivity index is 1.47. The predicted molar refractivity (Wildman–Crippen MR) is 265 cm³/mol. The van der Waals surface area contributed by atoms with Gasteiger partial charge in [-0.05, 0) is 73.7 Å². The maximum Gasteiger partial charge on any atom is 0.407 e. The van der Waals surface area contributed by atoms with Crippen molar-refractivity contribution >= 4 is 35.5 Å². The molecular weight excluding hydrogens is 1010 g/mol. The van der Waals surface area contributed by atoms with Gasteiger partial charge in [0, 0.05) is 73.9 Å². The van der Waals surface area contributed by atoms with Gasteiger partial charge in [-0.3, -0.25) is 19.9 Å². The molecule has 3 heterocycles. The topological polar surface area (TPSA) is 223 Å². The van der Waals surface area contributed by atoms with E-state index >= 15 is 8.78 Å². The third kappa shape index (κ3) is 16.5. The fourth-order valence-electron chi connectivity index (χ4n) is 8.16. The Labute approximate surface area is 435 Å². The molecule has 2 aliphatic rings. The van der Waals surface area contributed by atoms with Crippen LogP contribution in [0.4, 0.5) is 46.1 Å². The quantitative estimate of drug-likeness (QED) is 0.0277. The number of rotatable bonds is 19. The number of anilines is 1. The second-order valence-corrected chi connectivity index (χ2v) is 19.7. The minimum absolute atomic E-state index is 0.282. The number of hydrazine groups is 1. The largest absolute Gasteiger partial charge is 0.453 e. The van der Waals surface area contributed by atoms with Gasteiger partial charge in [-0.1, -0.05) is 44.7 Å². The number of piperazine rings is 1. The number of pyridine rings is 1. The number of ether oxygens (including phenoxy) is 3. The van der Waals surface area contributed by atoms with Gasteiger partial charge in [0.15, 0.2) is 0 Å². The zero-order valence-electron chi connectivity index (χ0n) is 42.9. The highest BCUT2D eigenvalue weighted by molar-refractivity contribution is 6.06. The average Bonchev–Trinajstić information content (AvgIpc) is 3.36. The van der Waals surface area contributed by atoms with Crippen molar-refractivity contribution in [3.63, 3.8) is 0 Å². The maximum atomic E-state index is 15.9. The summed E-state index contributed by atoms with van der Waals surface area (Å²) in [5, 5.41) is 29.3. The number of alkyl halides is 5. The molecule has 0 bridgehead atoms. The highest BCUT2D eigenvalue weighted by Crippen LogP contribution is 2.40. The first kappa shape index (κ1) is 59.9. The van der Waals surface area contributed by atoms with Gasteiger partial charge in [0.05, 0.1) is 56.7 Å². The van der Waals surface area contributed by atoms with Gasteiger partial charge in [0.25, 0.3) is 5.91 Å². The molecule has 18 nitrogen and oxygen atoms in total. The Morgan fingerprint density at radius 1 is 0.895 bits per heavy atom. The number of nitrogens with one attached hydrogen (secondary N) is 6. The second kappa shape index (κ2) is 26.2. The number of aliphatic hydroxyl groups excluding tert-OH is 1. The van der Waals surface area contributed by atoms with Crippen molar-refractivity contribution in [1.29, 1.82) is 5.41 Å². The number of methoxy groups -OCH3 is 2. The minimum atomic E-state index is -5.09. The van der Waals surface area contributed by atoms with Crippen LogP contribution in [0.15, 0.2) is 67.0 Å². The molecule has 5 atom stereocenters. The molecule has 414 valence electrons. The average molecular weight is 1080 g/mol. The summed E-state index contributed by atoms with van der Waals surface area (Å²) in [6.45, 7) is 6.07. The first-order chi connectivity index (χ1) is 35.7. The highest BCUT2D eigenvalue weighted by atomic mass is 19.4. The number of halogens is 7. The first-order valence-electron chi connectivity index (χ1n) is 23.9. The number of aliphatic hydroxyl groups is 1. The number of allylic oxidation sites excluding steroid dienone is 1. The number of amides is 4. The van der Waals surface area contributed by atoms with Crippen LogP contribution < -0.4 is 31.6 Å². The third-order valence-electron chi connectivity index (χ3n) is 12.7. The molecule has 1 aromatic heterocycles. The number of carbonyl (C=O) groups is 4. The number of nitrogens with zero attached hydrogens (tertiary/aromatic N) is 4. The van der Waals surface area contributed by atoms with Gasteiger partial charge in [-0.25, -0.2) is 28.4 Å². The van der Waals surface area contributed by atoms with Crippen molar-refractivity contribution in [2.75, 3.05) is 65.1 Å². The summed E-state index contributed by atoms with van der Waals surface area (Å²) in [7, 11) is 1.91. The second-order valence-electron chi connectivity index (χ2n) is 19.7. The fraction of sp³-hybridized carbons (Fsp3) is 0.490. The summed E-state index contributed by atoms with van der Waals surface area (Å²) in [6.07, 6.45) is -6.60. The molecule has 7 N–H and O–H groups in total. The maximum absolute atomic E-state index is 15.9. The minimum Gasteiger partial charge on any atom is -0.453 e. The van der Waals surface area contributed by atoms with Crippen molar-refractivity contribution in [3.05, 3.63) is 106 Å². The van der Waals surface area contributed by atoms with E-state index in [-0.39, 0.29) is 18.0 Å². The zero-order valence-corrected chi connectivity index (χ0v) is 42.9. The summed E-state index contributed by atoms with van der Waals surface area (Å²) in [4.78, 5) is 62.1. The standard InChI is InChI=1S/C51H63F7N10O8/c1-49(2,3)42(63-47(72)74-6)45(71)65-68(27-35-36(52)23-33(24-37(35)53)38(59)16-17-60-46(54)55)28-40(69)39(62-44(70)43(64-48(73)75-7)50(4,5)51(56,57)58)22-31-11-8-30(9-12-31)10-13-32-14-15-41(61-25-32)67-19-18-66-20-21-76-29-34(66)26-67/h8-9,11-12,14-17,23-25,34,39-40,42-43,46,59-60,69H,18-22,26-29H2,1-7H3,(H,62,70)(H,63,72)(H,64,73)(H,65,71)/b17-16-,59-38?/t34-,39+,40+,42-,43-/m1/s1. The van der Waals surface area contributed by atoms with Gasteiger partial charge >= 0.3 is 24.9 Å². The predicted octanol–water partition coefficient (Wildman–Crippen LogP) is 4.98. The molecule has 4 amide bonds. The van der Waals surface area contributed by atoms with E-state index in [4.69, 9.17) is 10.1 Å². The lowest BCUT2D eigenvalue weighted by molar-refractivity contribution is -0.220. The molecule has 76 heavy (non-hydrogen) atoms. The van der Waals surface area contributed by atoms with Crippen LogP contribution in [0.2, 0.25) is 0 Å². The summed E-state index contributed by atoms with van der Waals surface area (Å²) < 4.78 is 115. The molecule has 0 spiro atoms. The molecule has 0 radical (unpaired) electrons. The van der Waals surface area contributed by atoms with E-state index in [0.717, 1.165) is 76.0 Å². The number of benzene rings is 2. The van der Waals surface area contributed by atoms with Gasteiger partial charge in [0.1, 0.15) is 29.5 Å². The third-order valence-corrected chi connectivity index (χ3v) is 12.7. The van der Waals surface area contributed by atoms with Crippen LogP contribution in [0.3, 0.4) is 0 Å². The van der Waals surface area contributed by atoms with Crippen LogP contribution >= 0.6 is 0 Å². The fourth-order valence-corrected chi connectivity index (χ4v) is 8.16. The molecule has 2 aliphatic heterocycles. The number of alkyl carbamates (subject to hydrolysis) is 2. The number of hydrogen-bond acceptors (Lipinski definition) is 14. The number of aromatic nitrogens is 1. The molecule has 25 heteroatoms. The van der Waals surface area contributed by atoms with Crippen molar-refractivity contribution in [2.24, 2.45) is 10.8 Å². The lowest BCUT2D eigenvalue weighted by atomic mass is 9.82. The van der Waals surface area contributed by atoms with E-state index in [1.165, 1.54) is 0 Å². The molecule has 2 aromatic carbocycles. The first-order valence-corrected chi connectivity index (χ1v) is 23.9. The van der Waals surface area contributed by atoms with Crippen LogP contribution in [-0.2, 0) is 36.8 Å². The van der Waals surface area contributed by atoms with Crippen LogP contribution in [0, 0.1) is 39.7 Å². The van der Waals surface area contributed by atoms with E-state index in [0.29, 0.717) is 43.3 Å². The Bertz CT molecular complexity index is 2580. The van der Waals surface area contributed by atoms with Crippen molar-refractivity contribution in [2.45, 2.75) is 90.6 Å². The number of morpholine rings is 1. The summed E-state index contributed by atoms with van der Waals surface area (Å²) in [5.41, 5.74) is -1.75.